The van der Waals surface area contributed by atoms with Gasteiger partial charge in [-0.15, -0.1) is 11.3 Å². The monoisotopic (exact) mass is 306 g/mol. The Morgan fingerprint density at radius 2 is 2.19 bits per heavy atom. The van der Waals surface area contributed by atoms with Gasteiger partial charge in [0.05, 0.1) is 4.88 Å². The molecule has 21 heavy (non-hydrogen) atoms. The Labute approximate surface area is 127 Å². The molecule has 1 amide bonds. The number of methoxy groups -OCH3 is 1. The van der Waals surface area contributed by atoms with Crippen molar-refractivity contribution in [3.63, 3.8) is 0 Å². The molecule has 0 radical (unpaired) electrons. The van der Waals surface area contributed by atoms with Crippen LogP contribution in [0.25, 0.3) is 10.4 Å². The number of ether oxygens (including phenoxy) is 1. The van der Waals surface area contributed by atoms with Gasteiger partial charge in [-0.25, -0.2) is 0 Å². The summed E-state index contributed by atoms with van der Waals surface area (Å²) in [5.74, 6) is -0.161. The molecule has 0 aliphatic rings. The van der Waals surface area contributed by atoms with Crippen molar-refractivity contribution >= 4 is 17.2 Å². The Morgan fingerprint density at radius 1 is 1.43 bits per heavy atom. The Morgan fingerprint density at radius 3 is 2.86 bits per heavy atom. The molecule has 2 heterocycles. The van der Waals surface area contributed by atoms with E-state index in [1.165, 1.54) is 18.4 Å². The third kappa shape index (κ3) is 3.40. The molecule has 0 spiro atoms. The second-order valence-electron chi connectivity index (χ2n) is 4.62. The maximum atomic E-state index is 11.9. The summed E-state index contributed by atoms with van der Waals surface area (Å²) in [6, 6.07) is 5.57. The van der Waals surface area contributed by atoms with Gasteiger partial charge in [0.2, 0.25) is 0 Å². The fourth-order valence-electron chi connectivity index (χ4n) is 2.01. The van der Waals surface area contributed by atoms with Crippen LogP contribution in [0.5, 0.6) is 0 Å². The summed E-state index contributed by atoms with van der Waals surface area (Å²) in [4.78, 5) is 28.1. The average Bonchev–Trinajstić information content (AvgIpc) is 2.94. The first-order valence-corrected chi connectivity index (χ1v) is 7.48. The van der Waals surface area contributed by atoms with Gasteiger partial charge in [0.15, 0.2) is 0 Å². The van der Waals surface area contributed by atoms with Crippen molar-refractivity contribution in [2.45, 2.75) is 20.3 Å². The number of carbonyl (C=O) groups is 1. The minimum absolute atomic E-state index is 0.0478. The molecule has 0 atom stereocenters. The highest BCUT2D eigenvalue weighted by Gasteiger charge is 2.12. The minimum atomic E-state index is -0.161. The SMILES string of the molecule is CCc1cc(-c2ccc(C(=O)NCOC)s2)c(C)[nH]c1=O. The van der Waals surface area contributed by atoms with Gasteiger partial charge in [-0.05, 0) is 31.5 Å². The third-order valence-corrected chi connectivity index (χ3v) is 4.29. The molecule has 0 unspecified atom stereocenters. The number of hydrogen-bond donors (Lipinski definition) is 2. The van der Waals surface area contributed by atoms with Gasteiger partial charge < -0.3 is 15.0 Å². The van der Waals surface area contributed by atoms with Gasteiger partial charge in [0.1, 0.15) is 6.73 Å². The highest BCUT2D eigenvalue weighted by Crippen LogP contribution is 2.29. The van der Waals surface area contributed by atoms with Crippen LogP contribution in [-0.2, 0) is 11.2 Å². The number of nitrogens with one attached hydrogen (secondary N) is 2. The van der Waals surface area contributed by atoms with E-state index in [4.69, 9.17) is 4.74 Å². The maximum absolute atomic E-state index is 11.9. The Hall–Kier alpha value is -1.92. The smallest absolute Gasteiger partial charge is 0.263 e. The zero-order valence-corrected chi connectivity index (χ0v) is 13.1. The molecule has 112 valence electrons. The number of aromatic amines is 1. The molecule has 5 nitrogen and oxygen atoms in total. The van der Waals surface area contributed by atoms with E-state index in [2.05, 4.69) is 10.3 Å². The lowest BCUT2D eigenvalue weighted by molar-refractivity contribution is 0.0876. The first kappa shape index (κ1) is 15.5. The third-order valence-electron chi connectivity index (χ3n) is 3.17. The van der Waals surface area contributed by atoms with E-state index >= 15 is 0 Å². The van der Waals surface area contributed by atoms with E-state index in [1.807, 2.05) is 26.0 Å². The van der Waals surface area contributed by atoms with Gasteiger partial charge in [-0.3, -0.25) is 9.59 Å². The van der Waals surface area contributed by atoms with Crippen molar-refractivity contribution in [2.24, 2.45) is 0 Å². The second kappa shape index (κ2) is 6.69. The molecule has 0 saturated carbocycles. The molecule has 0 aliphatic heterocycles. The topological polar surface area (TPSA) is 71.2 Å². The number of amides is 1. The van der Waals surface area contributed by atoms with Gasteiger partial charge in [-0.2, -0.15) is 0 Å². The number of carbonyl (C=O) groups excluding carboxylic acids is 1. The summed E-state index contributed by atoms with van der Waals surface area (Å²) in [5, 5.41) is 2.65. The molecule has 2 aromatic heterocycles. The number of pyridine rings is 1. The van der Waals surface area contributed by atoms with Crippen LogP contribution in [0.1, 0.15) is 27.9 Å². The molecule has 0 bridgehead atoms. The van der Waals surface area contributed by atoms with Crippen molar-refractivity contribution in [3.8, 4) is 10.4 Å². The van der Waals surface area contributed by atoms with Crippen molar-refractivity contribution < 1.29 is 9.53 Å². The zero-order chi connectivity index (χ0) is 15.4. The van der Waals surface area contributed by atoms with Crippen LogP contribution >= 0.6 is 11.3 Å². The van der Waals surface area contributed by atoms with Crippen LogP contribution in [-0.4, -0.2) is 24.7 Å². The van der Waals surface area contributed by atoms with Crippen molar-refractivity contribution in [1.29, 1.82) is 0 Å². The molecule has 0 aromatic carbocycles. The molecule has 2 N–H and O–H groups in total. The van der Waals surface area contributed by atoms with Crippen LogP contribution in [0, 0.1) is 6.92 Å². The zero-order valence-electron chi connectivity index (χ0n) is 12.3. The lowest BCUT2D eigenvalue weighted by Gasteiger charge is -2.05. The van der Waals surface area contributed by atoms with E-state index in [9.17, 15) is 9.59 Å². The molecule has 0 fully saturated rings. The minimum Gasteiger partial charge on any atom is -0.364 e. The van der Waals surface area contributed by atoms with Crippen LogP contribution in [0.15, 0.2) is 23.0 Å². The molecular weight excluding hydrogens is 288 g/mol. The predicted molar refractivity (Wildman–Crippen MR) is 83.8 cm³/mol. The summed E-state index contributed by atoms with van der Waals surface area (Å²) in [6.07, 6.45) is 0.676. The van der Waals surface area contributed by atoms with E-state index in [0.29, 0.717) is 11.3 Å². The van der Waals surface area contributed by atoms with Crippen molar-refractivity contribution in [2.75, 3.05) is 13.8 Å². The second-order valence-corrected chi connectivity index (χ2v) is 5.70. The standard InChI is InChI=1S/C15H18N2O3S/c1-4-10-7-11(9(2)17-14(10)18)12-5-6-13(21-12)15(19)16-8-20-3/h5-7H,4,8H2,1-3H3,(H,16,19)(H,17,18). The number of aryl methyl sites for hydroxylation is 2. The molecular formula is C15H18N2O3S. The predicted octanol–water partition coefficient (Wildman–Crippen LogP) is 2.31. The van der Waals surface area contributed by atoms with Gasteiger partial charge in [0.25, 0.3) is 11.5 Å². The number of thiophene rings is 1. The maximum Gasteiger partial charge on any atom is 0.263 e. The van der Waals surface area contributed by atoms with Crippen LogP contribution in [0.3, 0.4) is 0 Å². The van der Waals surface area contributed by atoms with E-state index < -0.39 is 0 Å². The summed E-state index contributed by atoms with van der Waals surface area (Å²) in [6.45, 7) is 3.99. The lowest BCUT2D eigenvalue weighted by atomic mass is 10.1. The normalized spacial score (nSPS) is 10.6. The summed E-state index contributed by atoms with van der Waals surface area (Å²) in [7, 11) is 1.52. The van der Waals surface area contributed by atoms with E-state index in [0.717, 1.165) is 21.7 Å². The number of rotatable bonds is 5. The number of hydrogen-bond acceptors (Lipinski definition) is 4. The van der Waals surface area contributed by atoms with Crippen LogP contribution < -0.4 is 10.9 Å². The van der Waals surface area contributed by atoms with Crippen LogP contribution in [0.2, 0.25) is 0 Å². The van der Waals surface area contributed by atoms with Crippen molar-refractivity contribution in [1.82, 2.24) is 10.3 Å². The molecule has 6 heteroatoms. The van der Waals surface area contributed by atoms with Gasteiger partial charge in [0, 0.05) is 28.8 Å². The Balaban J connectivity index is 2.33. The number of aromatic nitrogens is 1. The summed E-state index contributed by atoms with van der Waals surface area (Å²) < 4.78 is 4.82. The first-order chi connectivity index (χ1) is 10.1. The fraction of sp³-hybridized carbons (Fsp3) is 0.333. The van der Waals surface area contributed by atoms with E-state index in [1.54, 1.807) is 6.07 Å². The number of H-pyrrole nitrogens is 1. The first-order valence-electron chi connectivity index (χ1n) is 6.67. The quantitative estimate of drug-likeness (QED) is 0.833. The Bertz CT molecular complexity index is 703. The Kier molecular flexibility index (Phi) is 4.93. The van der Waals surface area contributed by atoms with Crippen molar-refractivity contribution in [3.05, 3.63) is 44.7 Å². The molecule has 0 aliphatic carbocycles. The summed E-state index contributed by atoms with van der Waals surface area (Å²) in [5.41, 5.74) is 2.47. The lowest BCUT2D eigenvalue weighted by Crippen LogP contribution is -2.24. The highest BCUT2D eigenvalue weighted by atomic mass is 32.1. The van der Waals surface area contributed by atoms with Crippen LogP contribution in [0.4, 0.5) is 0 Å². The van der Waals surface area contributed by atoms with E-state index in [-0.39, 0.29) is 18.2 Å². The highest BCUT2D eigenvalue weighted by molar-refractivity contribution is 7.17. The summed E-state index contributed by atoms with van der Waals surface area (Å²) >= 11 is 1.39. The van der Waals surface area contributed by atoms with Gasteiger partial charge in [-0.1, -0.05) is 6.92 Å². The largest absolute Gasteiger partial charge is 0.364 e. The molecule has 0 saturated heterocycles. The average molecular weight is 306 g/mol. The fourth-order valence-corrected chi connectivity index (χ4v) is 3.01. The molecule has 2 rings (SSSR count). The molecule has 2 aromatic rings. The van der Waals surface area contributed by atoms with Gasteiger partial charge >= 0.3 is 0 Å².